The van der Waals surface area contributed by atoms with E-state index in [1.807, 2.05) is 38.4 Å². The summed E-state index contributed by atoms with van der Waals surface area (Å²) >= 11 is 4.21. The van der Waals surface area contributed by atoms with Crippen molar-refractivity contribution in [1.29, 1.82) is 0 Å². The second-order valence-corrected chi connectivity index (χ2v) is 9.33. The number of primary amides is 1. The third kappa shape index (κ3) is 6.64. The zero-order valence-corrected chi connectivity index (χ0v) is 16.8. The van der Waals surface area contributed by atoms with Crippen LogP contribution in [0, 0.1) is 0 Å². The van der Waals surface area contributed by atoms with Crippen LogP contribution in [-0.4, -0.2) is 27.8 Å². The van der Waals surface area contributed by atoms with E-state index in [0.29, 0.717) is 23.5 Å². The minimum Gasteiger partial charge on any atom is -0.512 e. The van der Waals surface area contributed by atoms with Gasteiger partial charge in [-0.3, -0.25) is 9.79 Å². The molecule has 0 bridgehead atoms. The van der Waals surface area contributed by atoms with E-state index in [2.05, 4.69) is 9.98 Å². The number of aliphatic hydroxyl groups is 1. The van der Waals surface area contributed by atoms with Crippen LogP contribution < -0.4 is 5.73 Å². The Balaban J connectivity index is 1.89. The largest absolute Gasteiger partial charge is 0.512 e. The topological polar surface area (TPSA) is 88.6 Å². The quantitative estimate of drug-likeness (QED) is 0.387. The number of amides is 1. The van der Waals surface area contributed by atoms with Crippen LogP contribution in [0.3, 0.4) is 0 Å². The average Bonchev–Trinajstić information content (AvgIpc) is 3.17. The van der Waals surface area contributed by atoms with Gasteiger partial charge >= 0.3 is 0 Å². The summed E-state index contributed by atoms with van der Waals surface area (Å²) in [5, 5.41) is 13.6. The summed E-state index contributed by atoms with van der Waals surface area (Å²) in [4.78, 5) is 21.5. The maximum absolute atomic E-state index is 11.2. The van der Waals surface area contributed by atoms with Gasteiger partial charge in [-0.05, 0) is 45.5 Å². The van der Waals surface area contributed by atoms with Crippen molar-refractivity contribution in [2.75, 3.05) is 0 Å². The molecule has 0 fully saturated rings. The summed E-state index contributed by atoms with van der Waals surface area (Å²) < 4.78 is 0.832. The highest BCUT2D eigenvalue weighted by Crippen LogP contribution is 2.33. The number of hydrogen-bond donors (Lipinski definition) is 2. The van der Waals surface area contributed by atoms with E-state index in [-0.39, 0.29) is 5.54 Å². The summed E-state index contributed by atoms with van der Waals surface area (Å²) in [6.07, 6.45) is 3.11. The molecule has 0 atom stereocenters. The predicted octanol–water partition coefficient (Wildman–Crippen LogP) is 5.11. The molecule has 8 heteroatoms. The molecule has 0 unspecified atom stereocenters. The number of nitrogens with zero attached hydrogens (tertiary/aromatic N) is 2. The molecule has 0 aromatic carbocycles. The summed E-state index contributed by atoms with van der Waals surface area (Å²) in [7, 11) is 0. The van der Waals surface area contributed by atoms with E-state index in [1.54, 1.807) is 11.5 Å². The van der Waals surface area contributed by atoms with Crippen molar-refractivity contribution in [3.8, 4) is 10.6 Å². The first-order valence-corrected chi connectivity index (χ1v) is 10.3. The van der Waals surface area contributed by atoms with Gasteiger partial charge < -0.3 is 10.8 Å². The SMILES string of the molecule is CC(C)(C)N=CCC/C(O)=C/Sc1nc(-c2ccc(C(N)=O)s2)cs1. The van der Waals surface area contributed by atoms with Gasteiger partial charge in [-0.1, -0.05) is 11.8 Å². The Kier molecular flexibility index (Phi) is 6.80. The van der Waals surface area contributed by atoms with Crippen LogP contribution in [0.4, 0.5) is 0 Å². The third-order valence-electron chi connectivity index (χ3n) is 2.89. The second kappa shape index (κ2) is 8.64. The van der Waals surface area contributed by atoms with Crippen molar-refractivity contribution >= 4 is 46.6 Å². The van der Waals surface area contributed by atoms with Gasteiger partial charge in [-0.25, -0.2) is 4.98 Å². The summed E-state index contributed by atoms with van der Waals surface area (Å²) in [6.45, 7) is 6.11. The molecule has 25 heavy (non-hydrogen) atoms. The van der Waals surface area contributed by atoms with Crippen LogP contribution in [0.2, 0.25) is 0 Å². The Morgan fingerprint density at radius 1 is 1.44 bits per heavy atom. The maximum Gasteiger partial charge on any atom is 0.258 e. The lowest BCUT2D eigenvalue weighted by Gasteiger charge is -2.10. The molecular formula is C17H21N3O2S3. The number of aromatic nitrogens is 1. The Morgan fingerprint density at radius 3 is 2.84 bits per heavy atom. The van der Waals surface area contributed by atoms with Gasteiger partial charge in [-0.2, -0.15) is 0 Å². The maximum atomic E-state index is 11.2. The number of hydrogen-bond acceptors (Lipinski definition) is 7. The highest BCUT2D eigenvalue weighted by atomic mass is 32.2. The van der Waals surface area contributed by atoms with Crippen LogP contribution in [-0.2, 0) is 0 Å². The smallest absolute Gasteiger partial charge is 0.258 e. The summed E-state index contributed by atoms with van der Waals surface area (Å²) in [6, 6.07) is 3.55. The molecule has 2 heterocycles. The van der Waals surface area contributed by atoms with Gasteiger partial charge in [0.2, 0.25) is 0 Å². The number of carbonyl (C=O) groups excluding carboxylic acids is 1. The number of nitrogens with two attached hydrogens (primary N) is 1. The lowest BCUT2D eigenvalue weighted by molar-refractivity contribution is 0.100. The first-order chi connectivity index (χ1) is 11.7. The van der Waals surface area contributed by atoms with Crippen molar-refractivity contribution in [1.82, 2.24) is 4.98 Å². The number of aliphatic hydroxyl groups excluding tert-OH is 1. The molecule has 0 saturated carbocycles. The Hall–Kier alpha value is -1.64. The van der Waals surface area contributed by atoms with E-state index in [1.165, 1.54) is 34.4 Å². The Bertz CT molecular complexity index is 785. The first-order valence-electron chi connectivity index (χ1n) is 7.68. The van der Waals surface area contributed by atoms with E-state index in [9.17, 15) is 9.90 Å². The number of aliphatic imine (C=N–C) groups is 1. The van der Waals surface area contributed by atoms with Gasteiger partial charge in [0.05, 0.1) is 26.7 Å². The number of thiazole rings is 1. The van der Waals surface area contributed by atoms with Gasteiger partial charge in [0.15, 0.2) is 4.34 Å². The van der Waals surface area contributed by atoms with Crippen LogP contribution in [0.25, 0.3) is 10.6 Å². The Morgan fingerprint density at radius 2 is 2.20 bits per heavy atom. The molecular weight excluding hydrogens is 374 g/mol. The van der Waals surface area contributed by atoms with E-state index in [0.717, 1.165) is 14.9 Å². The van der Waals surface area contributed by atoms with E-state index < -0.39 is 5.91 Å². The highest BCUT2D eigenvalue weighted by molar-refractivity contribution is 8.03. The molecule has 0 spiro atoms. The van der Waals surface area contributed by atoms with Gasteiger partial charge in [0.25, 0.3) is 5.91 Å². The molecule has 0 radical (unpaired) electrons. The first kappa shape index (κ1) is 19.7. The molecule has 2 aromatic heterocycles. The van der Waals surface area contributed by atoms with Crippen molar-refractivity contribution in [2.45, 2.75) is 43.5 Å². The standard InChI is InChI=1S/C17H21N3O2S3/c1-17(2,3)19-8-4-5-11(21)9-23-16-20-12(10-24-16)13-6-7-14(25-13)15(18)22/h6-10,21H,4-5H2,1-3H3,(H2,18,22)/b11-9-,19-8?. The van der Waals surface area contributed by atoms with Crippen molar-refractivity contribution in [2.24, 2.45) is 10.7 Å². The fourth-order valence-electron chi connectivity index (χ4n) is 1.76. The van der Waals surface area contributed by atoms with Crippen LogP contribution in [0.5, 0.6) is 0 Å². The molecule has 0 aliphatic heterocycles. The number of thioether (sulfide) groups is 1. The highest BCUT2D eigenvalue weighted by Gasteiger charge is 2.10. The van der Waals surface area contributed by atoms with E-state index >= 15 is 0 Å². The van der Waals surface area contributed by atoms with Crippen molar-refractivity contribution in [3.63, 3.8) is 0 Å². The number of carbonyl (C=O) groups is 1. The normalized spacial score (nSPS) is 12.8. The fourth-order valence-corrected chi connectivity index (χ4v) is 4.21. The van der Waals surface area contributed by atoms with Gasteiger partial charge in [0.1, 0.15) is 0 Å². The van der Waals surface area contributed by atoms with Gasteiger partial charge in [-0.15, -0.1) is 22.7 Å². The molecule has 0 aliphatic rings. The van der Waals surface area contributed by atoms with E-state index in [4.69, 9.17) is 5.73 Å². The molecule has 134 valence electrons. The molecule has 2 rings (SSSR count). The zero-order valence-electron chi connectivity index (χ0n) is 14.4. The van der Waals surface area contributed by atoms with Crippen molar-refractivity contribution < 1.29 is 9.90 Å². The second-order valence-electron chi connectivity index (χ2n) is 6.28. The fraction of sp³-hybridized carbons (Fsp3) is 0.353. The third-order valence-corrected chi connectivity index (χ3v) is 5.90. The van der Waals surface area contributed by atoms with Crippen LogP contribution in [0.1, 0.15) is 43.3 Å². The van der Waals surface area contributed by atoms with Gasteiger partial charge in [0, 0.05) is 17.2 Å². The molecule has 1 amide bonds. The molecule has 0 saturated heterocycles. The number of rotatable bonds is 7. The molecule has 0 aliphatic carbocycles. The molecule has 2 aromatic rings. The van der Waals surface area contributed by atoms with Crippen LogP contribution in [0.15, 0.2) is 38.0 Å². The monoisotopic (exact) mass is 395 g/mol. The Labute approximate surface area is 159 Å². The minimum absolute atomic E-state index is 0.0818. The lowest BCUT2D eigenvalue weighted by atomic mass is 10.1. The molecule has 3 N–H and O–H groups in total. The predicted molar refractivity (Wildman–Crippen MR) is 108 cm³/mol. The average molecular weight is 396 g/mol. The summed E-state index contributed by atoms with van der Waals surface area (Å²) in [5.74, 6) is -0.113. The zero-order chi connectivity index (χ0) is 18.4. The lowest BCUT2D eigenvalue weighted by Crippen LogP contribution is -2.09. The molecule has 5 nitrogen and oxygen atoms in total. The van der Waals surface area contributed by atoms with Crippen LogP contribution >= 0.6 is 34.4 Å². The summed E-state index contributed by atoms with van der Waals surface area (Å²) in [5.41, 5.74) is 6.00. The minimum atomic E-state index is -0.427. The number of thiophene rings is 1. The number of allylic oxidation sites excluding steroid dienone is 1. The van der Waals surface area contributed by atoms with Crippen molar-refractivity contribution in [3.05, 3.63) is 33.6 Å².